The van der Waals surface area contributed by atoms with E-state index in [0.29, 0.717) is 46.7 Å². The van der Waals surface area contributed by atoms with Crippen LogP contribution in [0.15, 0.2) is 48.2 Å². The van der Waals surface area contributed by atoms with Gasteiger partial charge in [0.05, 0.1) is 24.8 Å². The molecular weight excluding hydrogens is 416 g/mol. The topological polar surface area (TPSA) is 67.9 Å². The zero-order valence-corrected chi connectivity index (χ0v) is 18.7. The lowest BCUT2D eigenvalue weighted by molar-refractivity contribution is -0.128. The van der Waals surface area contributed by atoms with Crippen LogP contribution in [0.3, 0.4) is 0 Å². The number of rotatable bonds is 6. The van der Waals surface area contributed by atoms with E-state index in [-0.39, 0.29) is 11.6 Å². The molecule has 0 radical (unpaired) electrons. The highest BCUT2D eigenvalue weighted by Gasteiger charge is 2.25. The average Bonchev–Trinajstić information content (AvgIpc) is 2.78. The summed E-state index contributed by atoms with van der Waals surface area (Å²) in [5.41, 5.74) is 1.19. The van der Waals surface area contributed by atoms with Gasteiger partial charge in [-0.3, -0.25) is 9.59 Å². The summed E-state index contributed by atoms with van der Waals surface area (Å²) >= 11 is 6.17. The van der Waals surface area contributed by atoms with Crippen molar-refractivity contribution in [1.29, 1.82) is 0 Å². The smallest absolute Gasteiger partial charge is 0.270 e. The van der Waals surface area contributed by atoms with Gasteiger partial charge in [0.1, 0.15) is 5.70 Å². The first-order valence-electron chi connectivity index (χ1n) is 10.2. The lowest BCUT2D eigenvalue weighted by atomic mass is 9.99. The summed E-state index contributed by atoms with van der Waals surface area (Å²) in [6, 6.07) is 12.1. The molecule has 1 heterocycles. The molecule has 6 nitrogen and oxygen atoms in total. The molecule has 0 unspecified atom stereocenters. The van der Waals surface area contributed by atoms with Crippen molar-refractivity contribution in [3.63, 3.8) is 0 Å². The number of methoxy groups -OCH3 is 2. The molecule has 0 spiro atoms. The predicted molar refractivity (Wildman–Crippen MR) is 121 cm³/mol. The summed E-state index contributed by atoms with van der Waals surface area (Å²) in [4.78, 5) is 27.9. The highest BCUT2D eigenvalue weighted by Crippen LogP contribution is 2.28. The fourth-order valence-electron chi connectivity index (χ4n) is 3.48. The standard InChI is InChI=1S/C24H27ClN2O4/c1-16-10-12-27(13-11-16)24(29)20(26-23(28)18-6-4-5-7-19(18)25)14-17-8-9-21(30-2)22(15-17)31-3/h4-9,14-16H,10-13H2,1-3H3,(H,26,28). The molecule has 1 fully saturated rings. The molecular formula is C24H27ClN2O4. The van der Waals surface area contributed by atoms with E-state index in [9.17, 15) is 9.59 Å². The molecule has 1 saturated heterocycles. The van der Waals surface area contributed by atoms with Crippen molar-refractivity contribution < 1.29 is 19.1 Å². The predicted octanol–water partition coefficient (Wildman–Crippen LogP) is 4.39. The van der Waals surface area contributed by atoms with Crippen molar-refractivity contribution in [2.24, 2.45) is 5.92 Å². The molecule has 31 heavy (non-hydrogen) atoms. The van der Waals surface area contributed by atoms with E-state index in [0.717, 1.165) is 12.8 Å². The van der Waals surface area contributed by atoms with Gasteiger partial charge in [-0.25, -0.2) is 0 Å². The minimum Gasteiger partial charge on any atom is -0.493 e. The molecule has 0 saturated carbocycles. The number of piperidine rings is 1. The number of likely N-dealkylation sites (tertiary alicyclic amines) is 1. The Kier molecular flexibility index (Phi) is 7.58. The minimum absolute atomic E-state index is 0.187. The van der Waals surface area contributed by atoms with E-state index in [4.69, 9.17) is 21.1 Å². The molecule has 2 aromatic rings. The third-order valence-electron chi connectivity index (χ3n) is 5.39. The summed E-state index contributed by atoms with van der Waals surface area (Å²) in [6.07, 6.45) is 3.53. The maximum absolute atomic E-state index is 13.3. The van der Waals surface area contributed by atoms with Crippen LogP contribution in [0.5, 0.6) is 11.5 Å². The van der Waals surface area contributed by atoms with Crippen LogP contribution in [0, 0.1) is 5.92 Å². The Hall–Kier alpha value is -2.99. The van der Waals surface area contributed by atoms with Gasteiger partial charge in [0.15, 0.2) is 11.5 Å². The van der Waals surface area contributed by atoms with E-state index < -0.39 is 5.91 Å². The summed E-state index contributed by atoms with van der Waals surface area (Å²) in [6.45, 7) is 3.50. The second-order valence-corrected chi connectivity index (χ2v) is 7.99. The highest BCUT2D eigenvalue weighted by atomic mass is 35.5. The molecule has 2 aromatic carbocycles. The monoisotopic (exact) mass is 442 g/mol. The number of ether oxygens (including phenoxy) is 2. The van der Waals surface area contributed by atoms with Crippen LogP contribution in [0.25, 0.3) is 6.08 Å². The quantitative estimate of drug-likeness (QED) is 0.674. The molecule has 7 heteroatoms. The lowest BCUT2D eigenvalue weighted by Gasteiger charge is -2.31. The number of carbonyl (C=O) groups is 2. The number of nitrogens with zero attached hydrogens (tertiary/aromatic N) is 1. The SMILES string of the molecule is COc1ccc(C=C(NC(=O)c2ccccc2Cl)C(=O)N2CCC(C)CC2)cc1OC. The summed E-state index contributed by atoms with van der Waals surface area (Å²) in [5, 5.41) is 3.10. The molecule has 0 aromatic heterocycles. The molecule has 0 aliphatic carbocycles. The molecule has 1 aliphatic rings. The van der Waals surface area contributed by atoms with Crippen LogP contribution in [0.2, 0.25) is 5.02 Å². The van der Waals surface area contributed by atoms with Gasteiger partial charge in [0.2, 0.25) is 0 Å². The molecule has 1 N–H and O–H groups in total. The maximum Gasteiger partial charge on any atom is 0.270 e. The Morgan fingerprint density at radius 1 is 1.06 bits per heavy atom. The van der Waals surface area contributed by atoms with Crippen LogP contribution in [-0.2, 0) is 4.79 Å². The molecule has 3 rings (SSSR count). The Labute approximate surface area is 187 Å². The number of halogens is 1. The van der Waals surface area contributed by atoms with Gasteiger partial charge in [-0.15, -0.1) is 0 Å². The number of carbonyl (C=O) groups excluding carboxylic acids is 2. The minimum atomic E-state index is -0.434. The summed E-state index contributed by atoms with van der Waals surface area (Å²) in [5.74, 6) is 1.04. The van der Waals surface area contributed by atoms with E-state index in [2.05, 4.69) is 12.2 Å². The average molecular weight is 443 g/mol. The number of benzene rings is 2. The third kappa shape index (κ3) is 5.58. The van der Waals surface area contributed by atoms with Crippen LogP contribution < -0.4 is 14.8 Å². The van der Waals surface area contributed by atoms with Gasteiger partial charge < -0.3 is 19.7 Å². The van der Waals surface area contributed by atoms with E-state index >= 15 is 0 Å². The Bertz CT molecular complexity index is 981. The van der Waals surface area contributed by atoms with E-state index in [1.54, 1.807) is 67.7 Å². The Morgan fingerprint density at radius 2 is 1.74 bits per heavy atom. The number of hydrogen-bond donors (Lipinski definition) is 1. The van der Waals surface area contributed by atoms with Crippen LogP contribution in [0.1, 0.15) is 35.7 Å². The van der Waals surface area contributed by atoms with Crippen molar-refractivity contribution >= 4 is 29.5 Å². The van der Waals surface area contributed by atoms with Crippen LogP contribution in [-0.4, -0.2) is 44.0 Å². The second kappa shape index (κ2) is 10.4. The Morgan fingerprint density at radius 3 is 2.39 bits per heavy atom. The number of nitrogens with one attached hydrogen (secondary N) is 1. The first-order valence-corrected chi connectivity index (χ1v) is 10.6. The third-order valence-corrected chi connectivity index (χ3v) is 5.72. The van der Waals surface area contributed by atoms with Gasteiger partial charge in [-0.1, -0.05) is 36.7 Å². The molecule has 2 amide bonds. The van der Waals surface area contributed by atoms with Gasteiger partial charge in [0, 0.05) is 13.1 Å². The number of hydrogen-bond acceptors (Lipinski definition) is 4. The lowest BCUT2D eigenvalue weighted by Crippen LogP contribution is -2.42. The first kappa shape index (κ1) is 22.7. The molecule has 164 valence electrons. The van der Waals surface area contributed by atoms with Crippen molar-refractivity contribution in [3.8, 4) is 11.5 Å². The van der Waals surface area contributed by atoms with Gasteiger partial charge in [-0.2, -0.15) is 0 Å². The largest absolute Gasteiger partial charge is 0.493 e. The van der Waals surface area contributed by atoms with Crippen LogP contribution in [0.4, 0.5) is 0 Å². The second-order valence-electron chi connectivity index (χ2n) is 7.58. The zero-order chi connectivity index (χ0) is 22.4. The van der Waals surface area contributed by atoms with Crippen molar-refractivity contribution in [2.75, 3.05) is 27.3 Å². The fraction of sp³-hybridized carbons (Fsp3) is 0.333. The maximum atomic E-state index is 13.3. The fourth-order valence-corrected chi connectivity index (χ4v) is 3.70. The Balaban J connectivity index is 1.93. The van der Waals surface area contributed by atoms with Crippen LogP contribution >= 0.6 is 11.6 Å². The van der Waals surface area contributed by atoms with Gasteiger partial charge in [-0.05, 0) is 54.7 Å². The zero-order valence-electron chi connectivity index (χ0n) is 18.0. The molecule has 0 bridgehead atoms. The molecule has 1 aliphatic heterocycles. The van der Waals surface area contributed by atoms with Crippen molar-refractivity contribution in [1.82, 2.24) is 10.2 Å². The first-order chi connectivity index (χ1) is 14.9. The van der Waals surface area contributed by atoms with Crippen molar-refractivity contribution in [2.45, 2.75) is 19.8 Å². The van der Waals surface area contributed by atoms with Gasteiger partial charge >= 0.3 is 0 Å². The summed E-state index contributed by atoms with van der Waals surface area (Å²) in [7, 11) is 3.11. The van der Waals surface area contributed by atoms with Crippen molar-refractivity contribution in [3.05, 3.63) is 64.3 Å². The number of amides is 2. The normalized spacial score (nSPS) is 14.8. The van der Waals surface area contributed by atoms with E-state index in [1.165, 1.54) is 0 Å². The molecule has 0 atom stereocenters. The highest BCUT2D eigenvalue weighted by molar-refractivity contribution is 6.34. The van der Waals surface area contributed by atoms with Gasteiger partial charge in [0.25, 0.3) is 11.8 Å². The summed E-state index contributed by atoms with van der Waals surface area (Å²) < 4.78 is 10.6. The van der Waals surface area contributed by atoms with E-state index in [1.807, 2.05) is 0 Å².